The molecule has 4 heteroatoms. The zero-order valence-electron chi connectivity index (χ0n) is 13.4. The smallest absolute Gasteiger partial charge is 0.267 e. The van der Waals surface area contributed by atoms with Crippen molar-refractivity contribution in [1.82, 2.24) is 15.1 Å². The van der Waals surface area contributed by atoms with Crippen LogP contribution in [0.4, 0.5) is 0 Å². The van der Waals surface area contributed by atoms with Crippen molar-refractivity contribution in [2.24, 2.45) is 5.92 Å². The van der Waals surface area contributed by atoms with Gasteiger partial charge in [0.05, 0.1) is 11.7 Å². The maximum absolute atomic E-state index is 12.4. The van der Waals surface area contributed by atoms with E-state index in [1.807, 2.05) is 6.07 Å². The van der Waals surface area contributed by atoms with Crippen molar-refractivity contribution in [3.63, 3.8) is 0 Å². The van der Waals surface area contributed by atoms with Gasteiger partial charge in [0.2, 0.25) is 0 Å². The highest BCUT2D eigenvalue weighted by Crippen LogP contribution is 2.30. The summed E-state index contributed by atoms with van der Waals surface area (Å²) in [5.74, 6) is 0.947. The first-order valence-corrected chi connectivity index (χ1v) is 9.14. The lowest BCUT2D eigenvalue weighted by Crippen LogP contribution is -2.38. The summed E-state index contributed by atoms with van der Waals surface area (Å²) >= 11 is 0. The lowest BCUT2D eigenvalue weighted by atomic mass is 9.91. The number of aromatic nitrogens is 2. The van der Waals surface area contributed by atoms with Gasteiger partial charge in [-0.05, 0) is 82.2 Å². The Morgan fingerprint density at radius 2 is 1.86 bits per heavy atom. The monoisotopic (exact) mass is 301 g/mol. The maximum Gasteiger partial charge on any atom is 0.267 e. The molecule has 4 nitrogen and oxygen atoms in total. The van der Waals surface area contributed by atoms with Crippen molar-refractivity contribution in [3.05, 3.63) is 27.7 Å². The molecule has 1 N–H and O–H groups in total. The molecule has 22 heavy (non-hydrogen) atoms. The Morgan fingerprint density at radius 3 is 2.64 bits per heavy atom. The van der Waals surface area contributed by atoms with Crippen molar-refractivity contribution in [2.45, 2.75) is 76.3 Å². The summed E-state index contributed by atoms with van der Waals surface area (Å²) in [5.41, 5.74) is 2.50. The van der Waals surface area contributed by atoms with E-state index in [-0.39, 0.29) is 5.56 Å². The van der Waals surface area contributed by atoms with Crippen LogP contribution in [0.25, 0.3) is 0 Å². The lowest BCUT2D eigenvalue weighted by molar-refractivity contribution is 0.266. The second-order valence-corrected chi connectivity index (χ2v) is 7.46. The first-order valence-electron chi connectivity index (χ1n) is 9.14. The fourth-order valence-electron chi connectivity index (χ4n) is 4.02. The van der Waals surface area contributed by atoms with Crippen molar-refractivity contribution in [1.29, 1.82) is 0 Å². The highest BCUT2D eigenvalue weighted by molar-refractivity contribution is 5.20. The molecule has 3 aliphatic rings. The van der Waals surface area contributed by atoms with E-state index < -0.39 is 0 Å². The van der Waals surface area contributed by atoms with Gasteiger partial charge in [0.15, 0.2) is 0 Å². The number of aryl methyl sites for hydroxylation is 2. The minimum Gasteiger partial charge on any atom is -0.314 e. The number of nitrogens with zero attached hydrogens (tertiary/aromatic N) is 2. The van der Waals surface area contributed by atoms with Gasteiger partial charge in [-0.25, -0.2) is 4.68 Å². The first-order chi connectivity index (χ1) is 10.8. The number of fused-ring (bicyclic) bond motifs is 1. The molecular weight excluding hydrogens is 274 g/mol. The summed E-state index contributed by atoms with van der Waals surface area (Å²) in [5, 5.41) is 8.44. The molecule has 1 aromatic heterocycles. The molecule has 1 aromatic rings. The van der Waals surface area contributed by atoms with E-state index in [1.54, 1.807) is 4.68 Å². The zero-order valence-corrected chi connectivity index (χ0v) is 13.4. The second-order valence-electron chi connectivity index (χ2n) is 7.46. The third kappa shape index (κ3) is 3.12. The van der Waals surface area contributed by atoms with E-state index in [2.05, 4.69) is 5.32 Å². The van der Waals surface area contributed by atoms with E-state index in [4.69, 9.17) is 5.10 Å². The summed E-state index contributed by atoms with van der Waals surface area (Å²) in [7, 11) is 0. The Bertz CT molecular complexity index is 582. The molecule has 2 saturated carbocycles. The van der Waals surface area contributed by atoms with Gasteiger partial charge in [-0.1, -0.05) is 0 Å². The molecule has 0 bridgehead atoms. The molecule has 120 valence electrons. The van der Waals surface area contributed by atoms with Gasteiger partial charge in [-0.2, -0.15) is 5.10 Å². The van der Waals surface area contributed by atoms with Gasteiger partial charge in [-0.3, -0.25) is 4.79 Å². The van der Waals surface area contributed by atoms with E-state index >= 15 is 0 Å². The molecule has 0 aliphatic heterocycles. The summed E-state index contributed by atoms with van der Waals surface area (Å²) < 4.78 is 1.81. The first kappa shape index (κ1) is 14.4. The minimum atomic E-state index is 0.120. The summed E-state index contributed by atoms with van der Waals surface area (Å²) in [6, 6.07) is 2.84. The van der Waals surface area contributed by atoms with Crippen molar-refractivity contribution >= 4 is 0 Å². The Morgan fingerprint density at radius 1 is 1.09 bits per heavy atom. The normalized spacial score (nSPS) is 28.4. The highest BCUT2D eigenvalue weighted by Gasteiger charge is 2.27. The van der Waals surface area contributed by atoms with Crippen LogP contribution in [-0.2, 0) is 12.8 Å². The molecule has 0 unspecified atom stereocenters. The Hall–Kier alpha value is -1.16. The van der Waals surface area contributed by atoms with Crippen molar-refractivity contribution in [2.75, 3.05) is 6.54 Å². The summed E-state index contributed by atoms with van der Waals surface area (Å²) in [6.45, 7) is 1.20. The third-order valence-corrected chi connectivity index (χ3v) is 5.67. The Kier molecular flexibility index (Phi) is 4.03. The van der Waals surface area contributed by atoms with Crippen molar-refractivity contribution in [3.8, 4) is 0 Å². The van der Waals surface area contributed by atoms with Crippen LogP contribution in [0.5, 0.6) is 0 Å². The minimum absolute atomic E-state index is 0.120. The van der Waals surface area contributed by atoms with Gasteiger partial charge >= 0.3 is 0 Å². The Labute approximate surface area is 132 Å². The molecular formula is C18H27N3O. The molecule has 0 atom stereocenters. The van der Waals surface area contributed by atoms with Gasteiger partial charge in [0.1, 0.15) is 0 Å². The molecule has 4 rings (SSSR count). The van der Waals surface area contributed by atoms with Crippen LogP contribution >= 0.6 is 0 Å². The average molecular weight is 301 g/mol. The molecule has 0 aromatic carbocycles. The topological polar surface area (TPSA) is 46.9 Å². The van der Waals surface area contributed by atoms with Crippen LogP contribution in [-0.4, -0.2) is 22.4 Å². The van der Waals surface area contributed by atoms with E-state index in [0.717, 1.165) is 31.6 Å². The molecule has 3 aliphatic carbocycles. The molecule has 0 radical (unpaired) electrons. The van der Waals surface area contributed by atoms with Gasteiger partial charge in [0, 0.05) is 12.1 Å². The predicted octanol–water partition coefficient (Wildman–Crippen LogP) is 2.61. The van der Waals surface area contributed by atoms with Crippen LogP contribution in [0.3, 0.4) is 0 Å². The van der Waals surface area contributed by atoms with Gasteiger partial charge in [0.25, 0.3) is 5.56 Å². The standard InChI is InChI=1S/C18H27N3O/c22-18-11-14-3-1-2-4-17(14)20-21(18)16-9-7-15(8-10-16)19-12-13-5-6-13/h11,13,15-16,19H,1-10,12H2. The molecule has 2 fully saturated rings. The lowest BCUT2D eigenvalue weighted by Gasteiger charge is -2.30. The Balaban J connectivity index is 1.41. The fourth-order valence-corrected chi connectivity index (χ4v) is 4.02. The third-order valence-electron chi connectivity index (χ3n) is 5.67. The van der Waals surface area contributed by atoms with Gasteiger partial charge < -0.3 is 5.32 Å². The highest BCUT2D eigenvalue weighted by atomic mass is 16.1. The molecule has 0 saturated heterocycles. The van der Waals surface area contributed by atoms with Crippen LogP contribution < -0.4 is 10.9 Å². The van der Waals surface area contributed by atoms with E-state index in [1.165, 1.54) is 56.3 Å². The SMILES string of the molecule is O=c1cc2c(nn1C1CCC(NCC3CC3)CC1)CCCC2. The van der Waals surface area contributed by atoms with E-state index in [9.17, 15) is 4.79 Å². The fraction of sp³-hybridized carbons (Fsp3) is 0.778. The van der Waals surface area contributed by atoms with Crippen LogP contribution in [0, 0.1) is 5.92 Å². The molecule has 1 heterocycles. The number of hydrogen-bond donors (Lipinski definition) is 1. The zero-order chi connectivity index (χ0) is 14.9. The quantitative estimate of drug-likeness (QED) is 0.930. The van der Waals surface area contributed by atoms with Crippen LogP contribution in [0.15, 0.2) is 10.9 Å². The summed E-state index contributed by atoms with van der Waals surface area (Å²) in [4.78, 5) is 12.4. The van der Waals surface area contributed by atoms with Crippen molar-refractivity contribution < 1.29 is 0 Å². The van der Waals surface area contributed by atoms with Crippen LogP contribution in [0.2, 0.25) is 0 Å². The second kappa shape index (κ2) is 6.15. The number of hydrogen-bond acceptors (Lipinski definition) is 3. The number of rotatable bonds is 4. The van der Waals surface area contributed by atoms with E-state index in [0.29, 0.717) is 12.1 Å². The number of nitrogens with one attached hydrogen (secondary N) is 1. The predicted molar refractivity (Wildman–Crippen MR) is 87.2 cm³/mol. The van der Waals surface area contributed by atoms with Crippen LogP contribution in [0.1, 0.15) is 68.7 Å². The molecule has 0 amide bonds. The largest absolute Gasteiger partial charge is 0.314 e. The molecule has 0 spiro atoms. The van der Waals surface area contributed by atoms with Gasteiger partial charge in [-0.15, -0.1) is 0 Å². The average Bonchev–Trinajstić information content (AvgIpc) is 3.37. The maximum atomic E-state index is 12.4. The summed E-state index contributed by atoms with van der Waals surface area (Å²) in [6.07, 6.45) is 11.9.